The van der Waals surface area contributed by atoms with Gasteiger partial charge in [0.05, 0.1) is 17.2 Å². The van der Waals surface area contributed by atoms with Gasteiger partial charge in [-0.05, 0) is 92.2 Å². The normalized spacial score (nSPS) is 12.1. The van der Waals surface area contributed by atoms with Crippen molar-refractivity contribution in [3.8, 4) is 5.75 Å². The molecule has 3 rings (SSSR count). The van der Waals surface area contributed by atoms with E-state index in [0.29, 0.717) is 34.5 Å². The highest BCUT2D eigenvalue weighted by molar-refractivity contribution is 7.98. The molecule has 232 valence electrons. The maximum Gasteiger partial charge on any atom is 0.264 e. The van der Waals surface area contributed by atoms with Gasteiger partial charge in [-0.1, -0.05) is 43.1 Å². The second-order valence-electron chi connectivity index (χ2n) is 10.2. The molecule has 1 N–H and O–H groups in total. The Morgan fingerprint density at radius 1 is 0.977 bits per heavy atom. The van der Waals surface area contributed by atoms with Crippen molar-refractivity contribution < 1.29 is 22.7 Å². The van der Waals surface area contributed by atoms with Crippen molar-refractivity contribution in [2.45, 2.75) is 50.1 Å². The zero-order valence-electron chi connectivity index (χ0n) is 24.8. The molecule has 0 aromatic heterocycles. The van der Waals surface area contributed by atoms with Gasteiger partial charge < -0.3 is 15.0 Å². The Bertz CT molecular complexity index is 1500. The highest BCUT2D eigenvalue weighted by Gasteiger charge is 2.33. The minimum absolute atomic E-state index is 0.0296. The van der Waals surface area contributed by atoms with Crippen molar-refractivity contribution in [3.05, 3.63) is 82.3 Å². The molecule has 0 aliphatic rings. The van der Waals surface area contributed by atoms with Crippen molar-refractivity contribution in [1.29, 1.82) is 0 Å². The average Bonchev–Trinajstić information content (AvgIpc) is 2.98. The molecule has 0 bridgehead atoms. The van der Waals surface area contributed by atoms with Gasteiger partial charge in [-0.25, -0.2) is 8.42 Å². The van der Waals surface area contributed by atoms with Crippen LogP contribution in [0.4, 0.5) is 5.69 Å². The Morgan fingerprint density at radius 2 is 1.63 bits per heavy atom. The van der Waals surface area contributed by atoms with Crippen LogP contribution in [0.15, 0.2) is 76.5 Å². The van der Waals surface area contributed by atoms with Crippen LogP contribution < -0.4 is 14.4 Å². The van der Waals surface area contributed by atoms with E-state index in [1.54, 1.807) is 61.5 Å². The van der Waals surface area contributed by atoms with Crippen molar-refractivity contribution in [2.75, 3.05) is 30.3 Å². The van der Waals surface area contributed by atoms with E-state index in [-0.39, 0.29) is 29.0 Å². The summed E-state index contributed by atoms with van der Waals surface area (Å²) in [6.45, 7) is 7.65. The van der Waals surface area contributed by atoms with Gasteiger partial charge >= 0.3 is 0 Å². The van der Waals surface area contributed by atoms with Crippen molar-refractivity contribution in [2.24, 2.45) is 5.92 Å². The molecule has 1 atom stereocenters. The summed E-state index contributed by atoms with van der Waals surface area (Å²) in [7, 11) is -4.20. The Labute approximate surface area is 268 Å². The molecule has 0 saturated heterocycles. The molecule has 43 heavy (non-hydrogen) atoms. The number of anilines is 1. The number of hydrogen-bond donors (Lipinski definition) is 1. The van der Waals surface area contributed by atoms with Crippen LogP contribution in [-0.2, 0) is 26.2 Å². The standard InChI is InChI=1S/C31H37Cl2N3O5S2/c1-6-41-26-11-9-25(10-12-26)36(43(39,40)28-15-13-27(42-5)14-16-28)20-30(37)35(22(4)31(38)34-18-21(2)3)19-23-7-8-24(32)17-29(23)33/h7-17,21-22H,6,18-20H2,1-5H3,(H,34,38)/t22-/m0/s1. The van der Waals surface area contributed by atoms with E-state index < -0.39 is 28.5 Å². The first kappa shape index (κ1) is 34.6. The lowest BCUT2D eigenvalue weighted by atomic mass is 10.1. The fourth-order valence-electron chi connectivity index (χ4n) is 4.15. The maximum absolute atomic E-state index is 14.1. The van der Waals surface area contributed by atoms with Crippen molar-refractivity contribution in [3.63, 3.8) is 0 Å². The first-order chi connectivity index (χ1) is 20.4. The predicted octanol–water partition coefficient (Wildman–Crippen LogP) is 6.50. The van der Waals surface area contributed by atoms with Crippen LogP contribution in [0, 0.1) is 5.92 Å². The minimum atomic E-state index is -4.20. The Hall–Kier alpha value is -2.92. The van der Waals surface area contributed by atoms with Crippen LogP contribution in [0.25, 0.3) is 0 Å². The van der Waals surface area contributed by atoms with Gasteiger partial charge in [0.25, 0.3) is 10.0 Å². The summed E-state index contributed by atoms with van der Waals surface area (Å²) in [4.78, 5) is 29.5. The largest absolute Gasteiger partial charge is 0.494 e. The summed E-state index contributed by atoms with van der Waals surface area (Å²) in [5.74, 6) is -0.191. The quantitative estimate of drug-likeness (QED) is 0.198. The second-order valence-corrected chi connectivity index (χ2v) is 13.8. The number of carbonyl (C=O) groups is 2. The van der Waals surface area contributed by atoms with Crippen molar-refractivity contribution in [1.82, 2.24) is 10.2 Å². The minimum Gasteiger partial charge on any atom is -0.494 e. The molecule has 3 aromatic carbocycles. The molecule has 0 radical (unpaired) electrons. The van der Waals surface area contributed by atoms with Gasteiger partial charge in [0.15, 0.2) is 0 Å². The molecular weight excluding hydrogens is 629 g/mol. The topological polar surface area (TPSA) is 96.0 Å². The number of benzene rings is 3. The summed E-state index contributed by atoms with van der Waals surface area (Å²) in [6, 6.07) is 16.9. The SMILES string of the molecule is CCOc1ccc(N(CC(=O)N(Cc2ccc(Cl)cc2Cl)[C@@H](C)C(=O)NCC(C)C)S(=O)(=O)c2ccc(SC)cc2)cc1. The second kappa shape index (κ2) is 15.7. The number of carbonyl (C=O) groups excluding carboxylic acids is 2. The smallest absolute Gasteiger partial charge is 0.264 e. The van der Waals surface area contributed by atoms with Crippen LogP contribution in [0.3, 0.4) is 0 Å². The molecule has 2 amide bonds. The van der Waals surface area contributed by atoms with Gasteiger partial charge in [0, 0.05) is 28.0 Å². The van der Waals surface area contributed by atoms with E-state index >= 15 is 0 Å². The van der Waals surface area contributed by atoms with Crippen molar-refractivity contribution >= 4 is 62.5 Å². The van der Waals surface area contributed by atoms with Crippen LogP contribution in [-0.4, -0.2) is 57.1 Å². The summed E-state index contributed by atoms with van der Waals surface area (Å²) in [6.07, 6.45) is 1.90. The highest BCUT2D eigenvalue weighted by Crippen LogP contribution is 2.29. The molecule has 0 aliphatic carbocycles. The molecule has 0 fully saturated rings. The van der Waals surface area contributed by atoms with E-state index in [1.165, 1.54) is 28.8 Å². The van der Waals surface area contributed by atoms with E-state index in [0.717, 1.165) is 9.20 Å². The highest BCUT2D eigenvalue weighted by atomic mass is 35.5. The molecule has 0 aliphatic heterocycles. The summed E-state index contributed by atoms with van der Waals surface area (Å²) < 4.78 is 34.6. The number of halogens is 2. The molecule has 0 spiro atoms. The van der Waals surface area contributed by atoms with Gasteiger partial charge in [0.1, 0.15) is 18.3 Å². The molecule has 0 saturated carbocycles. The summed E-state index contributed by atoms with van der Waals surface area (Å²) in [5.41, 5.74) is 0.832. The molecule has 12 heteroatoms. The lowest BCUT2D eigenvalue weighted by Gasteiger charge is -2.32. The van der Waals surface area contributed by atoms with Gasteiger partial charge in [-0.3, -0.25) is 13.9 Å². The van der Waals surface area contributed by atoms with E-state index in [2.05, 4.69) is 5.32 Å². The van der Waals surface area contributed by atoms with Gasteiger partial charge in [0.2, 0.25) is 11.8 Å². The number of rotatable bonds is 14. The maximum atomic E-state index is 14.1. The number of nitrogens with one attached hydrogen (secondary N) is 1. The number of nitrogens with zero attached hydrogens (tertiary/aromatic N) is 2. The van der Waals surface area contributed by atoms with Gasteiger partial charge in [-0.15, -0.1) is 11.8 Å². The Balaban J connectivity index is 2.04. The van der Waals surface area contributed by atoms with Crippen LogP contribution in [0.5, 0.6) is 5.75 Å². The fraction of sp³-hybridized carbons (Fsp3) is 0.355. The average molecular weight is 667 g/mol. The molecular formula is C31H37Cl2N3O5S2. The Morgan fingerprint density at radius 3 is 2.19 bits per heavy atom. The number of amides is 2. The number of ether oxygens (including phenoxy) is 1. The first-order valence-electron chi connectivity index (χ1n) is 13.8. The first-order valence-corrected chi connectivity index (χ1v) is 17.2. The number of sulfonamides is 1. The zero-order chi connectivity index (χ0) is 31.7. The third-order valence-corrected chi connectivity index (χ3v) is 9.69. The fourth-order valence-corrected chi connectivity index (χ4v) is 6.44. The molecule has 0 heterocycles. The van der Waals surface area contributed by atoms with Gasteiger partial charge in [-0.2, -0.15) is 0 Å². The van der Waals surface area contributed by atoms with Crippen LogP contribution in [0.2, 0.25) is 10.0 Å². The third-order valence-electron chi connectivity index (χ3n) is 6.57. The van der Waals surface area contributed by atoms with E-state index in [1.807, 2.05) is 27.0 Å². The van der Waals surface area contributed by atoms with Crippen LogP contribution >= 0.6 is 35.0 Å². The summed E-state index contributed by atoms with van der Waals surface area (Å²) in [5, 5.41) is 3.61. The third kappa shape index (κ3) is 9.28. The summed E-state index contributed by atoms with van der Waals surface area (Å²) >= 11 is 14.0. The predicted molar refractivity (Wildman–Crippen MR) is 175 cm³/mol. The number of thioether (sulfide) groups is 1. The lowest BCUT2D eigenvalue weighted by Crippen LogP contribution is -2.51. The van der Waals surface area contributed by atoms with Crippen LogP contribution in [0.1, 0.15) is 33.3 Å². The molecule has 0 unspecified atom stereocenters. The van der Waals surface area contributed by atoms with E-state index in [9.17, 15) is 18.0 Å². The molecule has 3 aromatic rings. The lowest BCUT2D eigenvalue weighted by molar-refractivity contribution is -0.139. The number of hydrogen-bond acceptors (Lipinski definition) is 6. The monoisotopic (exact) mass is 665 g/mol. The zero-order valence-corrected chi connectivity index (χ0v) is 28.0. The van der Waals surface area contributed by atoms with E-state index in [4.69, 9.17) is 27.9 Å². The molecule has 8 nitrogen and oxygen atoms in total. The Kier molecular flexibility index (Phi) is 12.6.